The number of carbonyl (C=O) groups excluding carboxylic acids is 1. The van der Waals surface area contributed by atoms with Crippen LogP contribution < -0.4 is 19.7 Å². The highest BCUT2D eigenvalue weighted by atomic mass is 32.2. The lowest BCUT2D eigenvalue weighted by Crippen LogP contribution is -2.29. The van der Waals surface area contributed by atoms with Gasteiger partial charge in [0.1, 0.15) is 5.75 Å². The second kappa shape index (κ2) is 10.6. The fraction of sp³-hybridized carbons (Fsp3) is 0.269. The molecule has 0 aromatic heterocycles. The summed E-state index contributed by atoms with van der Waals surface area (Å²) in [4.78, 5) is 15.2. The van der Waals surface area contributed by atoms with E-state index in [1.807, 2.05) is 25.1 Å². The van der Waals surface area contributed by atoms with E-state index in [0.717, 1.165) is 24.5 Å². The molecule has 8 heteroatoms. The summed E-state index contributed by atoms with van der Waals surface area (Å²) in [6.07, 6.45) is 3.63. The molecular formula is C26H29N3O4S. The summed E-state index contributed by atoms with van der Waals surface area (Å²) in [5, 5.41) is 2.93. The molecule has 1 amide bonds. The number of hydrogen-bond acceptors (Lipinski definition) is 5. The standard InChI is InChI=1S/C26H29N3O4S/c1-2-33-24-13-15-25(16-14-24)34(31,32)28-21-11-9-20(10-12-21)26(30)27-22-7-6-8-23(19-22)29-17-4-3-5-18-29/h6-16,19,28H,2-5,17-18H2,1H3,(H,27,30). The third kappa shape index (κ3) is 5.88. The van der Waals surface area contributed by atoms with E-state index < -0.39 is 10.0 Å². The Bertz CT molecular complexity index is 1220. The highest BCUT2D eigenvalue weighted by Gasteiger charge is 2.15. The van der Waals surface area contributed by atoms with E-state index in [1.165, 1.54) is 31.4 Å². The van der Waals surface area contributed by atoms with Crippen molar-refractivity contribution in [2.75, 3.05) is 34.6 Å². The summed E-state index contributed by atoms with van der Waals surface area (Å²) in [5.41, 5.74) is 2.65. The molecule has 0 saturated carbocycles. The molecular weight excluding hydrogens is 450 g/mol. The topological polar surface area (TPSA) is 87.7 Å². The minimum absolute atomic E-state index is 0.131. The number of benzene rings is 3. The molecule has 0 unspecified atom stereocenters. The van der Waals surface area contributed by atoms with Crippen molar-refractivity contribution in [2.45, 2.75) is 31.1 Å². The van der Waals surface area contributed by atoms with E-state index in [0.29, 0.717) is 23.6 Å². The van der Waals surface area contributed by atoms with Crippen molar-refractivity contribution in [1.29, 1.82) is 0 Å². The number of amides is 1. The summed E-state index contributed by atoms with van der Waals surface area (Å²) in [5.74, 6) is 0.356. The Balaban J connectivity index is 1.39. The smallest absolute Gasteiger partial charge is 0.261 e. The lowest BCUT2D eigenvalue weighted by molar-refractivity contribution is 0.102. The average molecular weight is 480 g/mol. The molecule has 4 rings (SSSR count). The number of nitrogens with one attached hydrogen (secondary N) is 2. The van der Waals surface area contributed by atoms with Crippen molar-refractivity contribution in [2.24, 2.45) is 0 Å². The van der Waals surface area contributed by atoms with Crippen molar-refractivity contribution in [3.05, 3.63) is 78.4 Å². The van der Waals surface area contributed by atoms with Gasteiger partial charge in [-0.3, -0.25) is 9.52 Å². The van der Waals surface area contributed by atoms with Crippen LogP contribution in [-0.4, -0.2) is 34.0 Å². The Morgan fingerprint density at radius 1 is 0.912 bits per heavy atom. The third-order valence-corrected chi connectivity index (χ3v) is 7.07. The van der Waals surface area contributed by atoms with Crippen LogP contribution in [0.15, 0.2) is 77.7 Å². The Kier molecular flexibility index (Phi) is 7.37. The summed E-state index contributed by atoms with van der Waals surface area (Å²) in [6, 6.07) is 20.4. The third-order valence-electron chi connectivity index (χ3n) is 5.67. The minimum atomic E-state index is -3.75. The number of carbonyl (C=O) groups is 1. The van der Waals surface area contributed by atoms with E-state index >= 15 is 0 Å². The van der Waals surface area contributed by atoms with Crippen LogP contribution in [-0.2, 0) is 10.0 Å². The number of anilines is 3. The Hall–Kier alpha value is -3.52. The molecule has 1 aliphatic rings. The number of ether oxygens (including phenoxy) is 1. The zero-order valence-corrected chi connectivity index (χ0v) is 20.0. The van der Waals surface area contributed by atoms with Crippen LogP contribution in [0.25, 0.3) is 0 Å². The van der Waals surface area contributed by atoms with Crippen LogP contribution in [0.3, 0.4) is 0 Å². The first-order chi connectivity index (χ1) is 16.4. The van der Waals surface area contributed by atoms with Gasteiger partial charge in [0.05, 0.1) is 11.5 Å². The van der Waals surface area contributed by atoms with Crippen LogP contribution in [0, 0.1) is 0 Å². The van der Waals surface area contributed by atoms with E-state index in [1.54, 1.807) is 36.4 Å². The van der Waals surface area contributed by atoms with Gasteiger partial charge in [0.25, 0.3) is 15.9 Å². The van der Waals surface area contributed by atoms with Gasteiger partial charge in [-0.2, -0.15) is 0 Å². The highest BCUT2D eigenvalue weighted by Crippen LogP contribution is 2.24. The zero-order valence-electron chi connectivity index (χ0n) is 19.2. The van der Waals surface area contributed by atoms with Gasteiger partial charge < -0.3 is 15.0 Å². The van der Waals surface area contributed by atoms with E-state index in [-0.39, 0.29) is 10.8 Å². The van der Waals surface area contributed by atoms with Crippen molar-refractivity contribution in [3.63, 3.8) is 0 Å². The van der Waals surface area contributed by atoms with Crippen molar-refractivity contribution < 1.29 is 17.9 Å². The van der Waals surface area contributed by atoms with Crippen LogP contribution in [0.2, 0.25) is 0 Å². The first-order valence-corrected chi connectivity index (χ1v) is 12.9. The molecule has 0 spiro atoms. The predicted molar refractivity (Wildman–Crippen MR) is 135 cm³/mol. The van der Waals surface area contributed by atoms with Gasteiger partial charge in [0.2, 0.25) is 0 Å². The monoisotopic (exact) mass is 479 g/mol. The van der Waals surface area contributed by atoms with Gasteiger partial charge in [0.15, 0.2) is 0 Å². The Labute approximate surface area is 200 Å². The molecule has 0 bridgehead atoms. The number of nitrogens with zero attached hydrogens (tertiary/aromatic N) is 1. The first kappa shape index (κ1) is 23.6. The fourth-order valence-electron chi connectivity index (χ4n) is 3.92. The predicted octanol–water partition coefficient (Wildman–Crippen LogP) is 5.13. The van der Waals surface area contributed by atoms with Crippen molar-refractivity contribution >= 4 is 33.0 Å². The van der Waals surface area contributed by atoms with Crippen LogP contribution in [0.5, 0.6) is 5.75 Å². The zero-order chi connectivity index (χ0) is 24.0. The van der Waals surface area contributed by atoms with Crippen LogP contribution in [0.1, 0.15) is 36.5 Å². The number of sulfonamides is 1. The number of piperidine rings is 1. The van der Waals surface area contributed by atoms with E-state index in [2.05, 4.69) is 21.0 Å². The van der Waals surface area contributed by atoms with Crippen LogP contribution >= 0.6 is 0 Å². The largest absolute Gasteiger partial charge is 0.494 e. The molecule has 0 atom stereocenters. The number of hydrogen-bond donors (Lipinski definition) is 2. The maximum absolute atomic E-state index is 12.7. The van der Waals surface area contributed by atoms with Gasteiger partial charge in [-0.1, -0.05) is 6.07 Å². The maximum atomic E-state index is 12.7. The first-order valence-electron chi connectivity index (χ1n) is 11.5. The lowest BCUT2D eigenvalue weighted by atomic mass is 10.1. The van der Waals surface area contributed by atoms with Gasteiger partial charge in [-0.25, -0.2) is 8.42 Å². The average Bonchev–Trinajstić information content (AvgIpc) is 2.85. The molecule has 1 heterocycles. The molecule has 2 N–H and O–H groups in total. The minimum Gasteiger partial charge on any atom is -0.494 e. The van der Waals surface area contributed by atoms with Crippen molar-refractivity contribution in [3.8, 4) is 5.75 Å². The second-order valence-electron chi connectivity index (χ2n) is 8.14. The van der Waals surface area contributed by atoms with Crippen LogP contribution in [0.4, 0.5) is 17.1 Å². The van der Waals surface area contributed by atoms with Gasteiger partial charge in [-0.05, 0) is 92.9 Å². The normalized spacial score (nSPS) is 13.9. The highest BCUT2D eigenvalue weighted by molar-refractivity contribution is 7.92. The molecule has 0 aliphatic carbocycles. The van der Waals surface area contributed by atoms with Gasteiger partial charge >= 0.3 is 0 Å². The Morgan fingerprint density at radius 3 is 2.29 bits per heavy atom. The number of rotatable bonds is 8. The fourth-order valence-corrected chi connectivity index (χ4v) is 4.98. The van der Waals surface area contributed by atoms with Gasteiger partial charge in [-0.15, -0.1) is 0 Å². The second-order valence-corrected chi connectivity index (χ2v) is 9.82. The summed E-state index contributed by atoms with van der Waals surface area (Å²) >= 11 is 0. The molecule has 1 fully saturated rings. The SMILES string of the molecule is CCOc1ccc(S(=O)(=O)Nc2ccc(C(=O)Nc3cccc(N4CCCCC4)c3)cc2)cc1. The van der Waals surface area contributed by atoms with E-state index in [9.17, 15) is 13.2 Å². The summed E-state index contributed by atoms with van der Waals surface area (Å²) in [6.45, 7) is 4.44. The van der Waals surface area contributed by atoms with E-state index in [4.69, 9.17) is 4.74 Å². The Morgan fingerprint density at radius 2 is 1.62 bits per heavy atom. The molecule has 178 valence electrons. The maximum Gasteiger partial charge on any atom is 0.261 e. The molecule has 3 aromatic rings. The van der Waals surface area contributed by atoms with Crippen molar-refractivity contribution in [1.82, 2.24) is 0 Å². The molecule has 3 aromatic carbocycles. The summed E-state index contributed by atoms with van der Waals surface area (Å²) < 4.78 is 33.2. The molecule has 1 saturated heterocycles. The van der Waals surface area contributed by atoms with Gasteiger partial charge in [0, 0.05) is 35.7 Å². The molecule has 34 heavy (non-hydrogen) atoms. The lowest BCUT2D eigenvalue weighted by Gasteiger charge is -2.29. The molecule has 7 nitrogen and oxygen atoms in total. The molecule has 0 radical (unpaired) electrons. The summed E-state index contributed by atoms with van der Waals surface area (Å²) in [7, 11) is -3.75. The molecule has 1 aliphatic heterocycles. The quantitative estimate of drug-likeness (QED) is 0.468.